The number of benzene rings is 2. The van der Waals surface area contributed by atoms with Crippen molar-refractivity contribution in [2.24, 2.45) is 4.99 Å². The lowest BCUT2D eigenvalue weighted by Gasteiger charge is -2.24. The number of hydrogen-bond acceptors (Lipinski definition) is 8. The van der Waals surface area contributed by atoms with Crippen molar-refractivity contribution in [2.45, 2.75) is 13.0 Å². The van der Waals surface area contributed by atoms with Gasteiger partial charge in [-0.2, -0.15) is 0 Å². The number of methoxy groups -OCH3 is 1. The third-order valence-corrected chi connectivity index (χ3v) is 6.73. The van der Waals surface area contributed by atoms with Gasteiger partial charge in [-0.1, -0.05) is 41.7 Å². The van der Waals surface area contributed by atoms with E-state index >= 15 is 0 Å². The lowest BCUT2D eigenvalue weighted by Crippen LogP contribution is -2.39. The van der Waals surface area contributed by atoms with Gasteiger partial charge >= 0.3 is 11.9 Å². The lowest BCUT2D eigenvalue weighted by molar-refractivity contribution is -0.136. The van der Waals surface area contributed by atoms with Gasteiger partial charge in [0.2, 0.25) is 5.76 Å². The Kier molecular flexibility index (Phi) is 6.41. The minimum atomic E-state index is -0.860. The first kappa shape index (κ1) is 24.1. The van der Waals surface area contributed by atoms with Gasteiger partial charge in [0.05, 0.1) is 35.2 Å². The normalized spacial score (nSPS) is 15.2. The van der Waals surface area contributed by atoms with Crippen LogP contribution in [0.25, 0.3) is 6.08 Å². The highest BCUT2D eigenvalue weighted by atomic mass is 32.1. The van der Waals surface area contributed by atoms with E-state index in [9.17, 15) is 18.8 Å². The molecule has 1 aliphatic heterocycles. The van der Waals surface area contributed by atoms with Crippen LogP contribution in [0.2, 0.25) is 0 Å². The van der Waals surface area contributed by atoms with Crippen molar-refractivity contribution < 1.29 is 27.9 Å². The van der Waals surface area contributed by atoms with E-state index < -0.39 is 29.4 Å². The van der Waals surface area contributed by atoms with E-state index in [2.05, 4.69) is 4.99 Å². The van der Waals surface area contributed by atoms with Gasteiger partial charge in [-0.3, -0.25) is 9.36 Å². The maximum Gasteiger partial charge on any atom is 0.379 e. The Hall–Kier alpha value is -4.57. The Bertz CT molecular complexity index is 1720. The zero-order chi connectivity index (χ0) is 26.1. The second-order valence-corrected chi connectivity index (χ2v) is 9.04. The Labute approximate surface area is 213 Å². The Balaban J connectivity index is 1.60. The minimum Gasteiger partial charge on any atom is -0.466 e. The fourth-order valence-electron chi connectivity index (χ4n) is 4.01. The number of rotatable bonds is 5. The smallest absolute Gasteiger partial charge is 0.379 e. The number of carbonyl (C=O) groups excluding carboxylic acids is 2. The molecular formula is C27H19FN2O6S. The first-order chi connectivity index (χ1) is 17.9. The van der Waals surface area contributed by atoms with E-state index in [4.69, 9.17) is 13.9 Å². The molecule has 4 aromatic rings. The molecule has 0 fully saturated rings. The van der Waals surface area contributed by atoms with Crippen molar-refractivity contribution in [1.29, 1.82) is 0 Å². The summed E-state index contributed by atoms with van der Waals surface area (Å²) in [6, 6.07) is 14.7. The standard InChI is InChI=1S/C27H19FN2O6S/c1-15-22(26(33)34-2)23(16-9-11-18(12-10-16)36-25(32)20-8-5-13-35-20)30-24(31)21(37-27(30)29-15)14-17-6-3-4-7-19(17)28/h3-14,23H,1-2H3/b21-14+/t23-/m1/s1. The van der Waals surface area contributed by atoms with Crippen LogP contribution in [0.1, 0.15) is 34.6 Å². The number of carbonyl (C=O) groups is 2. The highest BCUT2D eigenvalue weighted by Gasteiger charge is 2.33. The number of thiazole rings is 1. The van der Waals surface area contributed by atoms with Crippen LogP contribution in [0, 0.1) is 5.82 Å². The average molecular weight is 519 g/mol. The van der Waals surface area contributed by atoms with Gasteiger partial charge in [-0.25, -0.2) is 19.0 Å². The fraction of sp³-hybridized carbons (Fsp3) is 0.111. The molecule has 10 heteroatoms. The van der Waals surface area contributed by atoms with Crippen LogP contribution in [-0.4, -0.2) is 23.6 Å². The molecule has 0 bridgehead atoms. The molecule has 5 rings (SSSR count). The summed E-state index contributed by atoms with van der Waals surface area (Å²) in [7, 11) is 1.25. The molecule has 1 aliphatic rings. The number of ether oxygens (including phenoxy) is 2. The topological polar surface area (TPSA) is 100 Å². The molecule has 2 aromatic heterocycles. The minimum absolute atomic E-state index is 0.0533. The molecule has 3 heterocycles. The van der Waals surface area contributed by atoms with Gasteiger partial charge in [0.25, 0.3) is 5.56 Å². The average Bonchev–Trinajstić information content (AvgIpc) is 3.54. The fourth-order valence-corrected chi connectivity index (χ4v) is 5.05. The summed E-state index contributed by atoms with van der Waals surface area (Å²) in [5, 5.41) is 0. The molecule has 2 aromatic carbocycles. The van der Waals surface area contributed by atoms with Crippen LogP contribution in [0.4, 0.5) is 4.39 Å². The summed E-state index contributed by atoms with van der Waals surface area (Å²) in [5.74, 6) is -1.46. The van der Waals surface area contributed by atoms with Gasteiger partial charge in [0.1, 0.15) is 11.6 Å². The molecule has 8 nitrogen and oxygen atoms in total. The van der Waals surface area contributed by atoms with Gasteiger partial charge < -0.3 is 13.9 Å². The summed E-state index contributed by atoms with van der Waals surface area (Å²) in [6.45, 7) is 1.66. The number of aromatic nitrogens is 1. The summed E-state index contributed by atoms with van der Waals surface area (Å²) in [6.07, 6.45) is 2.83. The van der Waals surface area contributed by atoms with Crippen LogP contribution in [0.3, 0.4) is 0 Å². The number of hydrogen-bond donors (Lipinski definition) is 0. The van der Waals surface area contributed by atoms with E-state index in [-0.39, 0.29) is 27.2 Å². The largest absolute Gasteiger partial charge is 0.466 e. The maximum absolute atomic E-state index is 14.3. The number of fused-ring (bicyclic) bond motifs is 1. The SMILES string of the molecule is COC(=O)C1=C(C)N=c2s/c(=C/c3ccccc3F)c(=O)n2[C@@H]1c1ccc(OC(=O)c2ccco2)cc1. The van der Waals surface area contributed by atoms with E-state index in [0.717, 1.165) is 11.3 Å². The summed E-state index contributed by atoms with van der Waals surface area (Å²) >= 11 is 1.09. The molecule has 37 heavy (non-hydrogen) atoms. The van der Waals surface area contributed by atoms with Gasteiger partial charge in [0.15, 0.2) is 4.80 Å². The van der Waals surface area contributed by atoms with E-state index in [1.54, 1.807) is 55.5 Å². The number of allylic oxidation sites excluding steroid dienone is 1. The predicted molar refractivity (Wildman–Crippen MR) is 132 cm³/mol. The van der Waals surface area contributed by atoms with Crippen molar-refractivity contribution in [3.05, 3.63) is 121 Å². The second kappa shape index (κ2) is 9.82. The van der Waals surface area contributed by atoms with E-state index in [1.165, 1.54) is 36.1 Å². The number of furan rings is 1. The van der Waals surface area contributed by atoms with Crippen LogP contribution < -0.4 is 19.6 Å². The summed E-state index contributed by atoms with van der Waals surface area (Å²) < 4.78 is 31.3. The maximum atomic E-state index is 14.3. The monoisotopic (exact) mass is 518 g/mol. The first-order valence-corrected chi connectivity index (χ1v) is 11.9. The Morgan fingerprint density at radius 1 is 1.08 bits per heavy atom. The molecular weight excluding hydrogens is 499 g/mol. The molecule has 0 radical (unpaired) electrons. The molecule has 0 spiro atoms. The van der Waals surface area contributed by atoms with E-state index in [1.807, 2.05) is 0 Å². The van der Waals surface area contributed by atoms with Crippen molar-refractivity contribution in [3.8, 4) is 5.75 Å². The van der Waals surface area contributed by atoms with Crippen LogP contribution in [0.15, 0.2) is 92.4 Å². The molecule has 0 aliphatic carbocycles. The second-order valence-electron chi connectivity index (χ2n) is 8.03. The highest BCUT2D eigenvalue weighted by molar-refractivity contribution is 7.07. The molecule has 0 saturated heterocycles. The van der Waals surface area contributed by atoms with Crippen molar-refractivity contribution in [1.82, 2.24) is 4.57 Å². The first-order valence-electron chi connectivity index (χ1n) is 11.1. The third kappa shape index (κ3) is 4.54. The number of nitrogens with zero attached hydrogens (tertiary/aromatic N) is 2. The van der Waals surface area contributed by atoms with Crippen LogP contribution in [-0.2, 0) is 9.53 Å². The quantitative estimate of drug-likeness (QED) is 0.297. The zero-order valence-electron chi connectivity index (χ0n) is 19.6. The van der Waals surface area contributed by atoms with Crippen LogP contribution in [0.5, 0.6) is 5.75 Å². The van der Waals surface area contributed by atoms with Gasteiger partial charge in [-0.15, -0.1) is 0 Å². The van der Waals surface area contributed by atoms with Crippen molar-refractivity contribution in [3.63, 3.8) is 0 Å². The van der Waals surface area contributed by atoms with Gasteiger partial charge in [0, 0.05) is 5.56 Å². The molecule has 0 saturated carbocycles. The summed E-state index contributed by atoms with van der Waals surface area (Å²) in [5.41, 5.74) is 0.970. The summed E-state index contributed by atoms with van der Waals surface area (Å²) in [4.78, 5) is 43.3. The molecule has 1 atom stereocenters. The molecule has 0 N–H and O–H groups in total. The van der Waals surface area contributed by atoms with Crippen LogP contribution >= 0.6 is 11.3 Å². The molecule has 0 amide bonds. The number of halogens is 1. The zero-order valence-corrected chi connectivity index (χ0v) is 20.5. The molecule has 0 unspecified atom stereocenters. The van der Waals surface area contributed by atoms with Crippen molar-refractivity contribution >= 4 is 29.4 Å². The third-order valence-electron chi connectivity index (χ3n) is 5.75. The van der Waals surface area contributed by atoms with Crippen molar-refractivity contribution in [2.75, 3.05) is 7.11 Å². The predicted octanol–water partition coefficient (Wildman–Crippen LogP) is 3.36. The molecule has 186 valence electrons. The Morgan fingerprint density at radius 2 is 1.84 bits per heavy atom. The Morgan fingerprint density at radius 3 is 2.51 bits per heavy atom. The highest BCUT2D eigenvalue weighted by Crippen LogP contribution is 2.31. The number of esters is 2. The van der Waals surface area contributed by atoms with Gasteiger partial charge in [-0.05, 0) is 48.9 Å². The van der Waals surface area contributed by atoms with E-state index in [0.29, 0.717) is 16.1 Å². The lowest BCUT2D eigenvalue weighted by atomic mass is 9.96.